The molecule has 9 nitrogen and oxygen atoms in total. The van der Waals surface area contributed by atoms with Crippen LogP contribution in [-0.2, 0) is 14.8 Å². The molecule has 4 heterocycles. The standard InChI is InChI=1S/C23H27ClN4O5S/c24-22-19(25-13-16-4-3-11-32-15-16)14-26-28(23(22)29)18-7-9-27(10-8-18)34(30,31)21-12-17-5-1-2-6-20(17)33-21/h1-2,5-6,12,14,16,18,25H,3-4,7-11,13,15H2/t16-/m1/s1. The second-order valence-electron chi connectivity index (χ2n) is 8.82. The van der Waals surface area contributed by atoms with Gasteiger partial charge in [0.05, 0.1) is 24.5 Å². The fourth-order valence-electron chi connectivity index (χ4n) is 4.59. The Morgan fingerprint density at radius 2 is 1.97 bits per heavy atom. The third-order valence-corrected chi connectivity index (χ3v) is 8.67. The van der Waals surface area contributed by atoms with E-state index in [1.807, 2.05) is 12.1 Å². The molecule has 11 heteroatoms. The Balaban J connectivity index is 1.25. The highest BCUT2D eigenvalue weighted by molar-refractivity contribution is 7.89. The maximum absolute atomic E-state index is 13.1. The van der Waals surface area contributed by atoms with E-state index in [-0.39, 0.29) is 34.8 Å². The van der Waals surface area contributed by atoms with Crippen molar-refractivity contribution < 1.29 is 17.6 Å². The molecule has 0 amide bonds. The Bertz CT molecular complexity index is 1290. The molecule has 0 unspecified atom stereocenters. The molecule has 2 fully saturated rings. The molecule has 0 radical (unpaired) electrons. The molecule has 0 spiro atoms. The highest BCUT2D eigenvalue weighted by Crippen LogP contribution is 2.30. The number of anilines is 1. The Morgan fingerprint density at radius 3 is 2.71 bits per heavy atom. The second-order valence-corrected chi connectivity index (χ2v) is 11.1. The number of fused-ring (bicyclic) bond motifs is 1. The van der Waals surface area contributed by atoms with Gasteiger partial charge in [-0.2, -0.15) is 9.40 Å². The first-order valence-corrected chi connectivity index (χ1v) is 13.3. The number of rotatable bonds is 6. The summed E-state index contributed by atoms with van der Waals surface area (Å²) in [6.07, 6.45) is 4.59. The fourth-order valence-corrected chi connectivity index (χ4v) is 6.21. The van der Waals surface area contributed by atoms with Gasteiger partial charge in [-0.15, -0.1) is 0 Å². The number of nitrogens with one attached hydrogen (secondary N) is 1. The molecule has 2 saturated heterocycles. The molecular weight excluding hydrogens is 480 g/mol. The van der Waals surface area contributed by atoms with Crippen molar-refractivity contribution in [1.29, 1.82) is 0 Å². The van der Waals surface area contributed by atoms with Gasteiger partial charge in [0.15, 0.2) is 0 Å². The first kappa shape index (κ1) is 23.3. The minimum atomic E-state index is -3.76. The number of para-hydroxylation sites is 1. The second kappa shape index (κ2) is 9.69. The van der Waals surface area contributed by atoms with Crippen LogP contribution in [0, 0.1) is 5.92 Å². The molecule has 34 heavy (non-hydrogen) atoms. The minimum absolute atomic E-state index is 0.0655. The monoisotopic (exact) mass is 506 g/mol. The van der Waals surface area contributed by atoms with Crippen molar-refractivity contribution in [2.24, 2.45) is 5.92 Å². The van der Waals surface area contributed by atoms with Gasteiger partial charge in [0.1, 0.15) is 10.6 Å². The molecular formula is C23H27ClN4O5S. The van der Waals surface area contributed by atoms with Gasteiger partial charge in [0.25, 0.3) is 15.6 Å². The van der Waals surface area contributed by atoms with Crippen LogP contribution in [0.5, 0.6) is 0 Å². The zero-order valence-electron chi connectivity index (χ0n) is 18.7. The normalized spacial score (nSPS) is 20.6. The fraction of sp³-hybridized carbons (Fsp3) is 0.478. The van der Waals surface area contributed by atoms with Crippen LogP contribution < -0.4 is 10.9 Å². The molecule has 3 aromatic rings. The summed E-state index contributed by atoms with van der Waals surface area (Å²) < 4.78 is 40.0. The van der Waals surface area contributed by atoms with Crippen molar-refractivity contribution in [3.8, 4) is 0 Å². The predicted octanol–water partition coefficient (Wildman–Crippen LogP) is 3.51. The van der Waals surface area contributed by atoms with Crippen molar-refractivity contribution in [3.63, 3.8) is 0 Å². The van der Waals surface area contributed by atoms with Crippen molar-refractivity contribution in [3.05, 3.63) is 51.9 Å². The number of piperidine rings is 1. The highest BCUT2D eigenvalue weighted by Gasteiger charge is 2.33. The molecule has 2 aromatic heterocycles. The van der Waals surface area contributed by atoms with Gasteiger partial charge in [-0.25, -0.2) is 13.1 Å². The maximum atomic E-state index is 13.1. The quantitative estimate of drug-likeness (QED) is 0.545. The van der Waals surface area contributed by atoms with Crippen LogP contribution >= 0.6 is 11.6 Å². The number of aromatic nitrogens is 2. The minimum Gasteiger partial charge on any atom is -0.443 e. The summed E-state index contributed by atoms with van der Waals surface area (Å²) in [5, 5.41) is 8.34. The zero-order valence-corrected chi connectivity index (χ0v) is 20.2. The van der Waals surface area contributed by atoms with E-state index in [4.69, 9.17) is 20.8 Å². The number of ether oxygens (including phenoxy) is 1. The first-order valence-electron chi connectivity index (χ1n) is 11.5. The van der Waals surface area contributed by atoms with E-state index in [1.54, 1.807) is 24.4 Å². The lowest BCUT2D eigenvalue weighted by molar-refractivity contribution is 0.0595. The number of sulfonamides is 1. The number of benzene rings is 1. The van der Waals surface area contributed by atoms with Gasteiger partial charge >= 0.3 is 0 Å². The van der Waals surface area contributed by atoms with E-state index in [9.17, 15) is 13.2 Å². The smallest absolute Gasteiger partial charge is 0.287 e. The Kier molecular flexibility index (Phi) is 6.65. The first-order chi connectivity index (χ1) is 16.4. The average molecular weight is 507 g/mol. The molecule has 0 bridgehead atoms. The van der Waals surface area contributed by atoms with Gasteiger partial charge in [-0.05, 0) is 37.7 Å². The van der Waals surface area contributed by atoms with Crippen molar-refractivity contribution in [1.82, 2.24) is 14.1 Å². The Hall–Kier alpha value is -2.40. The molecule has 5 rings (SSSR count). The van der Waals surface area contributed by atoms with Crippen LogP contribution in [0.2, 0.25) is 5.02 Å². The van der Waals surface area contributed by atoms with E-state index in [0.717, 1.165) is 24.8 Å². The molecule has 2 aliphatic heterocycles. The van der Waals surface area contributed by atoms with E-state index in [1.165, 1.54) is 8.99 Å². The largest absolute Gasteiger partial charge is 0.443 e. The summed E-state index contributed by atoms with van der Waals surface area (Å²) in [6.45, 7) is 2.69. The van der Waals surface area contributed by atoms with Crippen molar-refractivity contribution in [2.75, 3.05) is 38.2 Å². The van der Waals surface area contributed by atoms with E-state index < -0.39 is 10.0 Å². The molecule has 1 N–H and O–H groups in total. The number of nitrogens with zero attached hydrogens (tertiary/aromatic N) is 3. The zero-order chi connectivity index (χ0) is 23.7. The van der Waals surface area contributed by atoms with Crippen molar-refractivity contribution >= 4 is 38.3 Å². The molecule has 1 aromatic carbocycles. The van der Waals surface area contributed by atoms with Crippen molar-refractivity contribution in [2.45, 2.75) is 36.8 Å². The van der Waals surface area contributed by atoms with Crippen LogP contribution in [0.1, 0.15) is 31.7 Å². The average Bonchev–Trinajstić information content (AvgIpc) is 3.31. The van der Waals surface area contributed by atoms with Crippen LogP contribution in [0.4, 0.5) is 5.69 Å². The number of hydrogen-bond acceptors (Lipinski definition) is 7. The van der Waals surface area contributed by atoms with E-state index in [0.29, 0.717) is 43.2 Å². The Morgan fingerprint density at radius 1 is 1.18 bits per heavy atom. The molecule has 0 aliphatic carbocycles. The van der Waals surface area contributed by atoms with Crippen LogP contribution in [-0.4, -0.2) is 55.4 Å². The van der Waals surface area contributed by atoms with E-state index >= 15 is 0 Å². The van der Waals surface area contributed by atoms with Gasteiger partial charge in [-0.1, -0.05) is 29.8 Å². The van der Waals surface area contributed by atoms with Crippen LogP contribution in [0.25, 0.3) is 11.0 Å². The predicted molar refractivity (Wildman–Crippen MR) is 129 cm³/mol. The number of halogens is 1. The number of furan rings is 1. The summed E-state index contributed by atoms with van der Waals surface area (Å²) in [5.74, 6) is 0.380. The molecule has 0 saturated carbocycles. The van der Waals surface area contributed by atoms with Gasteiger partial charge in [0, 0.05) is 37.7 Å². The van der Waals surface area contributed by atoms with E-state index in [2.05, 4.69) is 10.4 Å². The molecule has 2 aliphatic rings. The summed E-state index contributed by atoms with van der Waals surface area (Å²) in [4.78, 5) is 12.9. The van der Waals surface area contributed by atoms with Crippen LogP contribution in [0.15, 0.2) is 50.8 Å². The molecule has 182 valence electrons. The Labute approximate surface area is 202 Å². The van der Waals surface area contributed by atoms with Crippen LogP contribution in [0.3, 0.4) is 0 Å². The lowest BCUT2D eigenvalue weighted by Crippen LogP contribution is -2.41. The maximum Gasteiger partial charge on any atom is 0.287 e. The highest BCUT2D eigenvalue weighted by atomic mass is 35.5. The number of hydrogen-bond donors (Lipinski definition) is 1. The lowest BCUT2D eigenvalue weighted by atomic mass is 10.0. The molecule has 1 atom stereocenters. The SMILES string of the molecule is O=c1c(Cl)c(NC[C@H]2CCCOC2)cnn1C1CCN(S(=O)(=O)c2cc3ccccc3o2)CC1. The summed E-state index contributed by atoms with van der Waals surface area (Å²) >= 11 is 6.37. The third kappa shape index (κ3) is 4.59. The van der Waals surface area contributed by atoms with Gasteiger partial charge in [-0.3, -0.25) is 4.79 Å². The summed E-state index contributed by atoms with van der Waals surface area (Å²) in [5.41, 5.74) is 0.676. The summed E-state index contributed by atoms with van der Waals surface area (Å²) in [6, 6.07) is 8.51. The lowest BCUT2D eigenvalue weighted by Gasteiger charge is -2.31. The third-order valence-electron chi connectivity index (χ3n) is 6.55. The van der Waals surface area contributed by atoms with Gasteiger partial charge in [0.2, 0.25) is 5.09 Å². The van der Waals surface area contributed by atoms with Gasteiger partial charge < -0.3 is 14.5 Å². The summed E-state index contributed by atoms with van der Waals surface area (Å²) in [7, 11) is -3.76. The topological polar surface area (TPSA) is 107 Å².